The van der Waals surface area contributed by atoms with E-state index in [0.29, 0.717) is 22.9 Å². The van der Waals surface area contributed by atoms with Gasteiger partial charge in [-0.15, -0.1) is 11.8 Å². The largest absolute Gasteiger partial charge is 0.480 e. The highest BCUT2D eigenvalue weighted by Gasteiger charge is 2.51. The predicted molar refractivity (Wildman–Crippen MR) is 61.9 cm³/mol. The fourth-order valence-electron chi connectivity index (χ4n) is 1.24. The first-order valence-corrected chi connectivity index (χ1v) is 5.98. The van der Waals surface area contributed by atoms with Gasteiger partial charge in [-0.05, 0) is 31.0 Å². The first-order valence-electron chi connectivity index (χ1n) is 4.41. The SMILES string of the molecule is O=C(O)C1(Sc2ccc(Cl)c(Cl)c2)CC1. The summed E-state index contributed by atoms with van der Waals surface area (Å²) >= 11 is 13.0. The molecule has 5 heteroatoms. The minimum Gasteiger partial charge on any atom is -0.480 e. The zero-order chi connectivity index (χ0) is 11.1. The molecule has 0 radical (unpaired) electrons. The van der Waals surface area contributed by atoms with Crippen molar-refractivity contribution in [1.82, 2.24) is 0 Å². The van der Waals surface area contributed by atoms with Gasteiger partial charge in [0, 0.05) is 4.90 Å². The van der Waals surface area contributed by atoms with Gasteiger partial charge in [-0.1, -0.05) is 23.2 Å². The highest BCUT2D eigenvalue weighted by Crippen LogP contribution is 2.52. The molecule has 1 fully saturated rings. The third-order valence-corrected chi connectivity index (χ3v) is 4.50. The number of aliphatic carboxylic acids is 1. The van der Waals surface area contributed by atoms with Gasteiger partial charge in [-0.25, -0.2) is 0 Å². The van der Waals surface area contributed by atoms with E-state index in [9.17, 15) is 4.79 Å². The second kappa shape index (κ2) is 3.89. The average Bonchev–Trinajstić information content (AvgIpc) is 2.93. The first-order chi connectivity index (χ1) is 7.03. The van der Waals surface area contributed by atoms with Crippen LogP contribution >= 0.6 is 35.0 Å². The Morgan fingerprint density at radius 2 is 2.00 bits per heavy atom. The molecule has 0 aromatic heterocycles. The predicted octanol–water partition coefficient (Wildman–Crippen LogP) is 3.70. The third-order valence-electron chi connectivity index (χ3n) is 2.30. The topological polar surface area (TPSA) is 37.3 Å². The van der Waals surface area contributed by atoms with Crippen molar-refractivity contribution in [2.45, 2.75) is 22.5 Å². The molecule has 0 heterocycles. The molecule has 2 nitrogen and oxygen atoms in total. The maximum atomic E-state index is 11.0. The lowest BCUT2D eigenvalue weighted by Gasteiger charge is -2.09. The van der Waals surface area contributed by atoms with Crippen LogP contribution in [0.15, 0.2) is 23.1 Å². The molecule has 0 atom stereocenters. The van der Waals surface area contributed by atoms with Crippen molar-refractivity contribution in [2.24, 2.45) is 0 Å². The summed E-state index contributed by atoms with van der Waals surface area (Å²) in [4.78, 5) is 11.8. The molecule has 0 amide bonds. The van der Waals surface area contributed by atoms with Gasteiger partial charge in [0.1, 0.15) is 4.75 Å². The number of carboxylic acids is 1. The highest BCUT2D eigenvalue weighted by atomic mass is 35.5. The summed E-state index contributed by atoms with van der Waals surface area (Å²) in [7, 11) is 0. The van der Waals surface area contributed by atoms with Gasteiger partial charge < -0.3 is 5.11 Å². The summed E-state index contributed by atoms with van der Waals surface area (Å²) in [6.07, 6.45) is 1.43. The van der Waals surface area contributed by atoms with Crippen LogP contribution in [0.1, 0.15) is 12.8 Å². The van der Waals surface area contributed by atoms with E-state index in [4.69, 9.17) is 28.3 Å². The number of hydrogen-bond acceptors (Lipinski definition) is 2. The Kier molecular flexibility index (Phi) is 2.88. The van der Waals surface area contributed by atoms with Crippen molar-refractivity contribution < 1.29 is 9.90 Å². The van der Waals surface area contributed by atoms with Crippen LogP contribution in [0, 0.1) is 0 Å². The van der Waals surface area contributed by atoms with E-state index in [1.54, 1.807) is 18.2 Å². The molecule has 0 bridgehead atoms. The van der Waals surface area contributed by atoms with Gasteiger partial charge in [0.15, 0.2) is 0 Å². The Balaban J connectivity index is 2.18. The van der Waals surface area contributed by atoms with Crippen molar-refractivity contribution in [3.05, 3.63) is 28.2 Å². The van der Waals surface area contributed by atoms with Crippen molar-refractivity contribution >= 4 is 40.9 Å². The Labute approximate surface area is 102 Å². The lowest BCUT2D eigenvalue weighted by molar-refractivity contribution is -0.137. The third kappa shape index (κ3) is 2.25. The van der Waals surface area contributed by atoms with Gasteiger partial charge in [0.05, 0.1) is 10.0 Å². The number of rotatable bonds is 3. The molecule has 0 saturated heterocycles. The molecule has 1 saturated carbocycles. The molecule has 0 aliphatic heterocycles. The molecular weight excluding hydrogens is 255 g/mol. The Hall–Kier alpha value is -0.380. The molecular formula is C10H8Cl2O2S. The summed E-state index contributed by atoms with van der Waals surface area (Å²) < 4.78 is -0.628. The molecule has 1 aromatic carbocycles. The molecule has 0 spiro atoms. The summed E-state index contributed by atoms with van der Waals surface area (Å²) in [5.41, 5.74) is 0. The van der Waals surface area contributed by atoms with Gasteiger partial charge in [0.2, 0.25) is 0 Å². The van der Waals surface area contributed by atoms with Crippen LogP contribution in [0.5, 0.6) is 0 Å². The molecule has 1 N–H and O–H groups in total. The van der Waals surface area contributed by atoms with Crippen molar-refractivity contribution in [2.75, 3.05) is 0 Å². The van der Waals surface area contributed by atoms with Crippen LogP contribution in [0.2, 0.25) is 10.0 Å². The Morgan fingerprint density at radius 3 is 2.47 bits per heavy atom. The normalized spacial score (nSPS) is 17.5. The van der Waals surface area contributed by atoms with E-state index < -0.39 is 10.7 Å². The van der Waals surface area contributed by atoms with Gasteiger partial charge in [-0.3, -0.25) is 4.79 Å². The number of benzene rings is 1. The first kappa shape index (κ1) is 11.1. The molecule has 0 unspecified atom stereocenters. The molecule has 2 rings (SSSR count). The van der Waals surface area contributed by atoms with Crippen molar-refractivity contribution in [3.8, 4) is 0 Å². The Morgan fingerprint density at radius 1 is 1.33 bits per heavy atom. The number of carbonyl (C=O) groups is 1. The molecule has 15 heavy (non-hydrogen) atoms. The maximum Gasteiger partial charge on any atom is 0.320 e. The number of thioether (sulfide) groups is 1. The summed E-state index contributed by atoms with van der Waals surface area (Å²) in [5.74, 6) is -0.751. The van der Waals surface area contributed by atoms with Crippen LogP contribution in [0.3, 0.4) is 0 Å². The number of halogens is 2. The average molecular weight is 263 g/mol. The zero-order valence-corrected chi connectivity index (χ0v) is 9.99. The fraction of sp³-hybridized carbons (Fsp3) is 0.300. The van der Waals surface area contributed by atoms with Crippen LogP contribution in [0.25, 0.3) is 0 Å². The second-order valence-corrected chi connectivity index (χ2v) is 5.75. The van der Waals surface area contributed by atoms with E-state index in [1.165, 1.54) is 11.8 Å². The molecule has 1 aliphatic carbocycles. The van der Waals surface area contributed by atoms with Crippen molar-refractivity contribution in [3.63, 3.8) is 0 Å². The number of carboxylic acid groups (broad SMARTS) is 1. The quantitative estimate of drug-likeness (QED) is 0.903. The summed E-state index contributed by atoms with van der Waals surface area (Å²) in [6.45, 7) is 0. The monoisotopic (exact) mass is 262 g/mol. The molecule has 80 valence electrons. The standard InChI is InChI=1S/C10H8Cl2O2S/c11-7-2-1-6(5-8(7)12)15-10(3-4-10)9(13)14/h1-2,5H,3-4H2,(H,13,14). The van der Waals surface area contributed by atoms with Crippen molar-refractivity contribution in [1.29, 1.82) is 0 Å². The molecule has 1 aromatic rings. The van der Waals surface area contributed by atoms with Crippen LogP contribution < -0.4 is 0 Å². The lowest BCUT2D eigenvalue weighted by Crippen LogP contribution is -2.16. The van der Waals surface area contributed by atoms with Crippen LogP contribution in [0.4, 0.5) is 0 Å². The van der Waals surface area contributed by atoms with Crippen LogP contribution in [-0.4, -0.2) is 15.8 Å². The number of hydrogen-bond donors (Lipinski definition) is 1. The fourth-order valence-corrected chi connectivity index (χ4v) is 2.76. The molecule has 1 aliphatic rings. The van der Waals surface area contributed by atoms with E-state index in [2.05, 4.69) is 0 Å². The van der Waals surface area contributed by atoms with Gasteiger partial charge in [0.25, 0.3) is 0 Å². The van der Waals surface area contributed by atoms with Gasteiger partial charge >= 0.3 is 5.97 Å². The summed E-state index contributed by atoms with van der Waals surface area (Å²) in [6, 6.07) is 5.18. The highest BCUT2D eigenvalue weighted by molar-refractivity contribution is 8.01. The zero-order valence-electron chi connectivity index (χ0n) is 7.67. The maximum absolute atomic E-state index is 11.0. The Bertz CT molecular complexity index is 416. The second-order valence-electron chi connectivity index (χ2n) is 3.48. The van der Waals surface area contributed by atoms with Gasteiger partial charge in [-0.2, -0.15) is 0 Å². The minimum atomic E-state index is -0.751. The van der Waals surface area contributed by atoms with E-state index in [1.807, 2.05) is 0 Å². The summed E-state index contributed by atoms with van der Waals surface area (Å²) in [5, 5.41) is 9.96. The lowest BCUT2D eigenvalue weighted by atomic mass is 10.4. The van der Waals surface area contributed by atoms with E-state index in [-0.39, 0.29) is 0 Å². The van der Waals surface area contributed by atoms with E-state index in [0.717, 1.165) is 4.90 Å². The smallest absolute Gasteiger partial charge is 0.320 e. The van der Waals surface area contributed by atoms with E-state index >= 15 is 0 Å². The minimum absolute atomic E-state index is 0.461. The van der Waals surface area contributed by atoms with Crippen LogP contribution in [-0.2, 0) is 4.79 Å².